The molecule has 1 N–H and O–H groups in total. The molecule has 0 atom stereocenters. The highest BCUT2D eigenvalue weighted by molar-refractivity contribution is 7.98. The van der Waals surface area contributed by atoms with Crippen LogP contribution in [-0.4, -0.2) is 24.5 Å². The molecule has 0 radical (unpaired) electrons. The van der Waals surface area contributed by atoms with Crippen LogP contribution in [0.25, 0.3) is 10.9 Å². The monoisotopic (exact) mass is 263 g/mol. The zero-order valence-corrected chi connectivity index (χ0v) is 11.3. The minimum atomic E-state index is 0.0212. The van der Waals surface area contributed by atoms with Crippen molar-refractivity contribution in [3.63, 3.8) is 0 Å². The average Bonchev–Trinajstić information content (AvgIpc) is 2.39. The van der Waals surface area contributed by atoms with Crippen LogP contribution in [0.4, 0.5) is 0 Å². The van der Waals surface area contributed by atoms with Gasteiger partial charge in [-0.2, -0.15) is 11.8 Å². The zero-order valence-electron chi connectivity index (χ0n) is 10.4. The van der Waals surface area contributed by atoms with Gasteiger partial charge in [-0.25, -0.2) is 0 Å². The number of para-hydroxylation sites is 1. The van der Waals surface area contributed by atoms with Gasteiger partial charge in [0.2, 0.25) is 0 Å². The molecule has 4 heteroatoms. The fraction of sp³-hybridized carbons (Fsp3) is 0.357. The lowest BCUT2D eigenvalue weighted by atomic mass is 10.2. The van der Waals surface area contributed by atoms with Crippen LogP contribution in [0.15, 0.2) is 35.1 Å². The number of pyridine rings is 1. The molecule has 0 aliphatic rings. The number of aromatic amines is 1. The lowest BCUT2D eigenvalue weighted by Gasteiger charge is -2.03. The van der Waals surface area contributed by atoms with E-state index in [0.717, 1.165) is 41.0 Å². The topological polar surface area (TPSA) is 42.1 Å². The summed E-state index contributed by atoms with van der Waals surface area (Å²) in [5, 5.41) is 1.09. The molecule has 0 amide bonds. The van der Waals surface area contributed by atoms with Crippen LogP contribution >= 0.6 is 11.8 Å². The van der Waals surface area contributed by atoms with E-state index in [-0.39, 0.29) is 5.56 Å². The molecule has 1 aromatic heterocycles. The maximum Gasteiger partial charge on any atom is 0.252 e. The second-order valence-electron chi connectivity index (χ2n) is 4.11. The second-order valence-corrected chi connectivity index (χ2v) is 5.22. The molecule has 2 rings (SSSR count). The number of aromatic nitrogens is 1. The van der Waals surface area contributed by atoms with E-state index in [1.165, 1.54) is 0 Å². The Labute approximate surface area is 111 Å². The molecule has 0 unspecified atom stereocenters. The van der Waals surface area contributed by atoms with Gasteiger partial charge in [0.1, 0.15) is 0 Å². The smallest absolute Gasteiger partial charge is 0.252 e. The van der Waals surface area contributed by atoms with Crippen molar-refractivity contribution in [3.8, 4) is 0 Å². The highest BCUT2D eigenvalue weighted by atomic mass is 32.2. The molecule has 0 aliphatic carbocycles. The summed E-state index contributed by atoms with van der Waals surface area (Å²) in [5.74, 6) is 1.77. The Hall–Kier alpha value is -1.26. The number of H-pyrrole nitrogens is 1. The molecule has 3 nitrogen and oxygen atoms in total. The van der Waals surface area contributed by atoms with Gasteiger partial charge in [0.05, 0.1) is 0 Å². The maximum absolute atomic E-state index is 11.9. The largest absolute Gasteiger partial charge is 0.385 e. The van der Waals surface area contributed by atoms with E-state index in [0.29, 0.717) is 0 Å². The average molecular weight is 263 g/mol. The third-order valence-corrected chi connectivity index (χ3v) is 3.82. The normalized spacial score (nSPS) is 10.9. The molecule has 0 fully saturated rings. The Balaban J connectivity index is 2.04. The summed E-state index contributed by atoms with van der Waals surface area (Å²) in [4.78, 5) is 14.8. The van der Waals surface area contributed by atoms with Gasteiger partial charge < -0.3 is 9.72 Å². The van der Waals surface area contributed by atoms with Gasteiger partial charge in [0.15, 0.2) is 0 Å². The second kappa shape index (κ2) is 6.61. The number of hydrogen-bond acceptors (Lipinski definition) is 3. The molecule has 96 valence electrons. The number of thioether (sulfide) groups is 1. The predicted molar refractivity (Wildman–Crippen MR) is 77.2 cm³/mol. The summed E-state index contributed by atoms with van der Waals surface area (Å²) in [6.45, 7) is 0.779. The number of nitrogens with one attached hydrogen (secondary N) is 1. The van der Waals surface area contributed by atoms with Crippen molar-refractivity contribution < 1.29 is 4.74 Å². The van der Waals surface area contributed by atoms with Gasteiger partial charge in [0, 0.05) is 30.5 Å². The standard InChI is InChI=1S/C14H17NO2S/c1-17-7-4-8-18-10-12-9-11-5-2-3-6-13(11)15-14(12)16/h2-3,5-6,9H,4,7-8,10H2,1H3,(H,15,16). The van der Waals surface area contributed by atoms with Crippen LogP contribution in [0.1, 0.15) is 12.0 Å². The first-order valence-electron chi connectivity index (χ1n) is 5.99. The lowest BCUT2D eigenvalue weighted by molar-refractivity contribution is 0.200. The maximum atomic E-state index is 11.9. The molecule has 0 bridgehead atoms. The van der Waals surface area contributed by atoms with E-state index in [1.54, 1.807) is 18.9 Å². The Morgan fingerprint density at radius 2 is 2.17 bits per heavy atom. The van der Waals surface area contributed by atoms with Crippen LogP contribution in [0.3, 0.4) is 0 Å². The third kappa shape index (κ3) is 3.37. The number of rotatable bonds is 6. The van der Waals surface area contributed by atoms with Crippen molar-refractivity contribution in [3.05, 3.63) is 46.2 Å². The van der Waals surface area contributed by atoms with Gasteiger partial charge in [0.25, 0.3) is 5.56 Å². The first kappa shape index (κ1) is 13.2. The number of fused-ring (bicyclic) bond motifs is 1. The molecule has 0 aliphatic heterocycles. The molecule has 1 aromatic carbocycles. The van der Waals surface area contributed by atoms with E-state index in [1.807, 2.05) is 30.3 Å². The minimum Gasteiger partial charge on any atom is -0.385 e. The molecule has 1 heterocycles. The Kier molecular flexibility index (Phi) is 4.84. The SMILES string of the molecule is COCCCSCc1cc2ccccc2[nH]c1=O. The number of benzene rings is 1. The Morgan fingerprint density at radius 1 is 1.33 bits per heavy atom. The Bertz CT molecular complexity index is 565. The summed E-state index contributed by atoms with van der Waals surface area (Å²) in [6, 6.07) is 9.84. The van der Waals surface area contributed by atoms with Crippen molar-refractivity contribution in [1.29, 1.82) is 0 Å². The third-order valence-electron chi connectivity index (χ3n) is 2.73. The Morgan fingerprint density at radius 3 is 3.00 bits per heavy atom. The first-order chi connectivity index (χ1) is 8.81. The summed E-state index contributed by atoms with van der Waals surface area (Å²) in [5.41, 5.74) is 1.76. The minimum absolute atomic E-state index is 0.0212. The molecule has 0 saturated carbocycles. The quantitative estimate of drug-likeness (QED) is 0.815. The van der Waals surface area contributed by atoms with E-state index >= 15 is 0 Å². The van der Waals surface area contributed by atoms with Crippen molar-refractivity contribution >= 4 is 22.7 Å². The number of hydrogen-bond donors (Lipinski definition) is 1. The number of ether oxygens (including phenoxy) is 1. The van der Waals surface area contributed by atoms with Gasteiger partial charge >= 0.3 is 0 Å². The van der Waals surface area contributed by atoms with Crippen molar-refractivity contribution in [2.45, 2.75) is 12.2 Å². The number of methoxy groups -OCH3 is 1. The molecule has 0 spiro atoms. The fourth-order valence-corrected chi connectivity index (χ4v) is 2.69. The van der Waals surface area contributed by atoms with Crippen LogP contribution in [-0.2, 0) is 10.5 Å². The van der Waals surface area contributed by atoms with Gasteiger partial charge in [-0.3, -0.25) is 4.79 Å². The predicted octanol–water partition coefficient (Wildman–Crippen LogP) is 2.80. The zero-order chi connectivity index (χ0) is 12.8. The first-order valence-corrected chi connectivity index (χ1v) is 7.14. The van der Waals surface area contributed by atoms with Crippen LogP contribution in [0, 0.1) is 0 Å². The fourth-order valence-electron chi connectivity index (χ4n) is 1.79. The highest BCUT2D eigenvalue weighted by Gasteiger charge is 2.02. The molecular weight excluding hydrogens is 246 g/mol. The molecule has 0 saturated heterocycles. The van der Waals surface area contributed by atoms with E-state index < -0.39 is 0 Å². The summed E-state index contributed by atoms with van der Waals surface area (Å²) in [7, 11) is 1.71. The van der Waals surface area contributed by atoms with Gasteiger partial charge in [-0.05, 0) is 29.7 Å². The summed E-state index contributed by atoms with van der Waals surface area (Å²) >= 11 is 1.77. The van der Waals surface area contributed by atoms with Gasteiger partial charge in [-0.1, -0.05) is 18.2 Å². The van der Waals surface area contributed by atoms with Crippen molar-refractivity contribution in [2.75, 3.05) is 19.5 Å². The van der Waals surface area contributed by atoms with E-state index in [9.17, 15) is 4.79 Å². The molecular formula is C14H17NO2S. The van der Waals surface area contributed by atoms with Crippen molar-refractivity contribution in [1.82, 2.24) is 4.98 Å². The van der Waals surface area contributed by atoms with Crippen LogP contribution < -0.4 is 5.56 Å². The lowest BCUT2D eigenvalue weighted by Crippen LogP contribution is -2.11. The summed E-state index contributed by atoms with van der Waals surface area (Å²) in [6.07, 6.45) is 1.02. The van der Waals surface area contributed by atoms with Gasteiger partial charge in [-0.15, -0.1) is 0 Å². The van der Waals surface area contributed by atoms with Crippen molar-refractivity contribution in [2.24, 2.45) is 0 Å². The summed E-state index contributed by atoms with van der Waals surface area (Å²) < 4.78 is 4.99. The molecule has 18 heavy (non-hydrogen) atoms. The highest BCUT2D eigenvalue weighted by Crippen LogP contribution is 2.14. The van der Waals surface area contributed by atoms with E-state index in [2.05, 4.69) is 4.98 Å². The van der Waals surface area contributed by atoms with Crippen LogP contribution in [0.2, 0.25) is 0 Å². The van der Waals surface area contributed by atoms with E-state index in [4.69, 9.17) is 4.74 Å². The van der Waals surface area contributed by atoms with Crippen LogP contribution in [0.5, 0.6) is 0 Å². The molecule has 2 aromatic rings.